The van der Waals surface area contributed by atoms with Crippen molar-refractivity contribution in [2.24, 2.45) is 7.05 Å². The van der Waals surface area contributed by atoms with Crippen LogP contribution in [0.2, 0.25) is 0 Å². The molecule has 22 heavy (non-hydrogen) atoms. The first kappa shape index (κ1) is 13.1. The Morgan fingerprint density at radius 1 is 1.27 bits per heavy atom. The average molecular weight is 295 g/mol. The Labute approximate surface area is 128 Å². The Balaban J connectivity index is 1.73. The van der Waals surface area contributed by atoms with E-state index in [1.807, 2.05) is 30.1 Å². The molecule has 1 aliphatic rings. The van der Waals surface area contributed by atoms with Crippen molar-refractivity contribution in [2.75, 3.05) is 6.54 Å². The predicted molar refractivity (Wildman–Crippen MR) is 82.4 cm³/mol. The number of benzene rings is 1. The number of furan rings is 1. The molecule has 1 fully saturated rings. The van der Waals surface area contributed by atoms with Crippen molar-refractivity contribution in [1.29, 1.82) is 0 Å². The van der Waals surface area contributed by atoms with Crippen LogP contribution in [0, 0.1) is 0 Å². The Hall–Kier alpha value is -2.56. The maximum Gasteiger partial charge on any atom is 0.290 e. The molecule has 1 atom stereocenters. The van der Waals surface area contributed by atoms with Crippen LogP contribution in [-0.4, -0.2) is 26.9 Å². The maximum atomic E-state index is 12.6. The van der Waals surface area contributed by atoms with Crippen molar-refractivity contribution in [3.05, 3.63) is 54.2 Å². The van der Waals surface area contributed by atoms with Crippen LogP contribution in [-0.2, 0) is 7.05 Å². The Bertz CT molecular complexity index is 820. The molecular formula is C17H17N3O2. The first-order valence-corrected chi connectivity index (χ1v) is 7.51. The molecule has 3 heterocycles. The average Bonchev–Trinajstić information content (AvgIpc) is 3.27. The maximum absolute atomic E-state index is 12.6. The molecule has 3 aromatic rings. The number of likely N-dealkylation sites (tertiary alicyclic amines) is 1. The number of hydrogen-bond acceptors (Lipinski definition) is 3. The Morgan fingerprint density at radius 3 is 2.91 bits per heavy atom. The lowest BCUT2D eigenvalue weighted by Gasteiger charge is -2.23. The molecular weight excluding hydrogens is 278 g/mol. The molecule has 1 unspecified atom stereocenters. The van der Waals surface area contributed by atoms with E-state index in [0.717, 1.165) is 36.2 Å². The number of amides is 1. The van der Waals surface area contributed by atoms with Gasteiger partial charge in [-0.2, -0.15) is 0 Å². The van der Waals surface area contributed by atoms with Crippen LogP contribution in [0.3, 0.4) is 0 Å². The van der Waals surface area contributed by atoms with Crippen molar-refractivity contribution in [2.45, 2.75) is 18.9 Å². The van der Waals surface area contributed by atoms with Crippen molar-refractivity contribution < 1.29 is 9.21 Å². The van der Waals surface area contributed by atoms with E-state index < -0.39 is 0 Å². The number of aryl methyl sites for hydroxylation is 1. The second kappa shape index (κ2) is 5.02. The second-order valence-corrected chi connectivity index (χ2v) is 5.65. The number of carbonyl (C=O) groups excluding carboxylic acids is 1. The third-order valence-corrected chi connectivity index (χ3v) is 4.37. The number of nitrogens with zero attached hydrogens (tertiary/aromatic N) is 3. The largest absolute Gasteiger partial charge is 0.459 e. The topological polar surface area (TPSA) is 51.3 Å². The van der Waals surface area contributed by atoms with E-state index in [2.05, 4.69) is 10.6 Å². The minimum atomic E-state index is -0.0560. The molecule has 1 aliphatic heterocycles. The number of rotatable bonds is 2. The summed E-state index contributed by atoms with van der Waals surface area (Å²) in [6, 6.07) is 11.5. The van der Waals surface area contributed by atoms with Crippen LogP contribution in [0.25, 0.3) is 11.0 Å². The smallest absolute Gasteiger partial charge is 0.290 e. The van der Waals surface area contributed by atoms with E-state index in [4.69, 9.17) is 9.40 Å². The van der Waals surface area contributed by atoms with Gasteiger partial charge in [0.2, 0.25) is 0 Å². The molecule has 1 amide bonds. The SMILES string of the molecule is Cn1c(C2CCCN2C(=O)c2ccco2)nc2ccccc21. The number of para-hydroxylation sites is 2. The van der Waals surface area contributed by atoms with Gasteiger partial charge in [0.1, 0.15) is 5.82 Å². The summed E-state index contributed by atoms with van der Waals surface area (Å²) in [6.07, 6.45) is 3.46. The van der Waals surface area contributed by atoms with Gasteiger partial charge in [-0.15, -0.1) is 0 Å². The zero-order chi connectivity index (χ0) is 15.1. The highest BCUT2D eigenvalue weighted by Crippen LogP contribution is 2.33. The van der Waals surface area contributed by atoms with Gasteiger partial charge in [-0.05, 0) is 37.1 Å². The highest BCUT2D eigenvalue weighted by atomic mass is 16.3. The lowest BCUT2D eigenvalue weighted by molar-refractivity contribution is 0.0696. The quantitative estimate of drug-likeness (QED) is 0.730. The molecule has 2 aromatic heterocycles. The normalized spacial score (nSPS) is 18.2. The number of hydrogen-bond donors (Lipinski definition) is 0. The van der Waals surface area contributed by atoms with E-state index in [1.54, 1.807) is 12.1 Å². The standard InChI is InChI=1S/C17H17N3O2/c1-19-13-7-3-2-6-12(13)18-16(19)14-8-4-10-20(14)17(21)15-9-5-11-22-15/h2-3,5-7,9,11,14H,4,8,10H2,1H3. The molecule has 4 rings (SSSR count). The number of carbonyl (C=O) groups is 1. The lowest BCUT2D eigenvalue weighted by atomic mass is 10.2. The first-order chi connectivity index (χ1) is 10.8. The summed E-state index contributed by atoms with van der Waals surface area (Å²) in [7, 11) is 2.01. The minimum Gasteiger partial charge on any atom is -0.459 e. The Morgan fingerprint density at radius 2 is 2.14 bits per heavy atom. The summed E-state index contributed by atoms with van der Waals surface area (Å²) in [5.74, 6) is 1.28. The van der Waals surface area contributed by atoms with Crippen LogP contribution in [0.1, 0.15) is 35.3 Å². The molecule has 0 aliphatic carbocycles. The van der Waals surface area contributed by atoms with Crippen molar-refractivity contribution >= 4 is 16.9 Å². The van der Waals surface area contributed by atoms with Crippen molar-refractivity contribution in [3.63, 3.8) is 0 Å². The van der Waals surface area contributed by atoms with Gasteiger partial charge in [0.25, 0.3) is 5.91 Å². The Kier molecular flexibility index (Phi) is 2.99. The van der Waals surface area contributed by atoms with E-state index in [-0.39, 0.29) is 11.9 Å². The fraction of sp³-hybridized carbons (Fsp3) is 0.294. The number of aromatic nitrogens is 2. The van der Waals surface area contributed by atoms with Gasteiger partial charge in [0, 0.05) is 13.6 Å². The number of fused-ring (bicyclic) bond motifs is 1. The third kappa shape index (κ3) is 1.93. The molecule has 0 radical (unpaired) electrons. The van der Waals surface area contributed by atoms with Crippen molar-refractivity contribution in [3.8, 4) is 0 Å². The van der Waals surface area contributed by atoms with Crippen LogP contribution < -0.4 is 0 Å². The molecule has 0 spiro atoms. The molecule has 112 valence electrons. The van der Waals surface area contributed by atoms with Gasteiger partial charge >= 0.3 is 0 Å². The predicted octanol–water partition coefficient (Wildman–Crippen LogP) is 3.14. The van der Waals surface area contributed by atoms with Crippen LogP contribution >= 0.6 is 0 Å². The molecule has 1 aromatic carbocycles. The fourth-order valence-electron chi connectivity index (χ4n) is 3.28. The highest BCUT2D eigenvalue weighted by molar-refractivity contribution is 5.92. The molecule has 0 N–H and O–H groups in total. The summed E-state index contributed by atoms with van der Waals surface area (Å²) in [6.45, 7) is 0.743. The van der Waals surface area contributed by atoms with E-state index in [9.17, 15) is 4.79 Å². The summed E-state index contributed by atoms with van der Waals surface area (Å²) in [5.41, 5.74) is 2.06. The van der Waals surface area contributed by atoms with Crippen LogP contribution in [0.4, 0.5) is 0 Å². The van der Waals surface area contributed by atoms with Gasteiger partial charge in [0.05, 0.1) is 23.3 Å². The third-order valence-electron chi connectivity index (χ3n) is 4.37. The number of imidazole rings is 1. The van der Waals surface area contributed by atoms with Gasteiger partial charge in [-0.25, -0.2) is 4.98 Å². The first-order valence-electron chi connectivity index (χ1n) is 7.51. The minimum absolute atomic E-state index is 0.00926. The molecule has 0 bridgehead atoms. The molecule has 5 nitrogen and oxygen atoms in total. The molecule has 1 saturated heterocycles. The van der Waals surface area contributed by atoms with Gasteiger partial charge in [-0.3, -0.25) is 4.79 Å². The zero-order valence-electron chi connectivity index (χ0n) is 12.4. The van der Waals surface area contributed by atoms with E-state index in [0.29, 0.717) is 5.76 Å². The summed E-state index contributed by atoms with van der Waals surface area (Å²) >= 11 is 0. The van der Waals surface area contributed by atoms with Crippen molar-refractivity contribution in [1.82, 2.24) is 14.5 Å². The van der Waals surface area contributed by atoms with Gasteiger partial charge < -0.3 is 13.9 Å². The fourth-order valence-corrected chi connectivity index (χ4v) is 3.28. The summed E-state index contributed by atoms with van der Waals surface area (Å²) < 4.78 is 7.35. The lowest BCUT2D eigenvalue weighted by Crippen LogP contribution is -2.31. The zero-order valence-corrected chi connectivity index (χ0v) is 12.4. The van der Waals surface area contributed by atoms with E-state index >= 15 is 0 Å². The molecule has 5 heteroatoms. The monoisotopic (exact) mass is 295 g/mol. The van der Waals surface area contributed by atoms with Gasteiger partial charge in [-0.1, -0.05) is 12.1 Å². The highest BCUT2D eigenvalue weighted by Gasteiger charge is 2.34. The molecule has 0 saturated carbocycles. The van der Waals surface area contributed by atoms with Crippen LogP contribution in [0.5, 0.6) is 0 Å². The second-order valence-electron chi connectivity index (χ2n) is 5.65. The van der Waals surface area contributed by atoms with Gasteiger partial charge in [0.15, 0.2) is 5.76 Å². The van der Waals surface area contributed by atoms with E-state index in [1.165, 1.54) is 6.26 Å². The summed E-state index contributed by atoms with van der Waals surface area (Å²) in [4.78, 5) is 19.2. The summed E-state index contributed by atoms with van der Waals surface area (Å²) in [5, 5.41) is 0. The van der Waals surface area contributed by atoms with Crippen LogP contribution in [0.15, 0.2) is 47.1 Å².